The van der Waals surface area contributed by atoms with Crippen molar-refractivity contribution < 1.29 is 29.9 Å². The summed E-state index contributed by atoms with van der Waals surface area (Å²) >= 11 is 6.37. The zero-order valence-corrected chi connectivity index (χ0v) is 16.2. The molecule has 1 aromatic heterocycles. The zero-order chi connectivity index (χ0) is 20.3. The van der Waals surface area contributed by atoms with Crippen LogP contribution in [0.15, 0.2) is 36.5 Å². The summed E-state index contributed by atoms with van der Waals surface area (Å²) < 4.78 is 11.2. The second-order valence-corrected chi connectivity index (χ2v) is 7.13. The van der Waals surface area contributed by atoms with Gasteiger partial charge in [-0.05, 0) is 30.2 Å². The molecular formula is C20H24ClNO6. The van der Waals surface area contributed by atoms with E-state index in [2.05, 4.69) is 4.98 Å². The third-order valence-corrected chi connectivity index (χ3v) is 5.15. The summed E-state index contributed by atoms with van der Waals surface area (Å²) in [6.45, 7) is 1.51. The van der Waals surface area contributed by atoms with E-state index in [1.165, 1.54) is 0 Å². The van der Waals surface area contributed by atoms with Crippen LogP contribution in [0.4, 0.5) is 0 Å². The van der Waals surface area contributed by atoms with E-state index in [0.29, 0.717) is 22.8 Å². The molecule has 1 aliphatic rings. The number of aryl methyl sites for hydroxylation is 1. The number of benzene rings is 1. The van der Waals surface area contributed by atoms with Crippen LogP contribution < -0.4 is 4.74 Å². The highest BCUT2D eigenvalue weighted by Crippen LogP contribution is 2.32. The zero-order valence-electron chi connectivity index (χ0n) is 15.4. The summed E-state index contributed by atoms with van der Waals surface area (Å²) in [5, 5.41) is 39.9. The van der Waals surface area contributed by atoms with Crippen LogP contribution in [0.3, 0.4) is 0 Å². The Labute approximate surface area is 168 Å². The van der Waals surface area contributed by atoms with E-state index in [4.69, 9.17) is 21.1 Å². The lowest BCUT2D eigenvalue weighted by atomic mass is 9.99. The second kappa shape index (κ2) is 9.17. The van der Waals surface area contributed by atoms with Crippen LogP contribution in [-0.4, -0.2) is 62.7 Å². The minimum atomic E-state index is -1.51. The number of rotatable bonds is 6. The van der Waals surface area contributed by atoms with Gasteiger partial charge in [0.2, 0.25) is 6.29 Å². The molecule has 2 heterocycles. The smallest absolute Gasteiger partial charge is 0.229 e. The van der Waals surface area contributed by atoms with Crippen molar-refractivity contribution in [3.8, 4) is 5.75 Å². The highest BCUT2D eigenvalue weighted by atomic mass is 35.5. The van der Waals surface area contributed by atoms with E-state index in [-0.39, 0.29) is 0 Å². The number of pyridine rings is 1. The molecule has 0 aliphatic carbocycles. The maximum atomic E-state index is 10.2. The Balaban J connectivity index is 1.83. The normalized spacial score (nSPS) is 27.6. The molecule has 3 rings (SSSR count). The minimum absolute atomic E-state index is 0.372. The number of aliphatic hydroxyl groups excluding tert-OH is 4. The Morgan fingerprint density at radius 1 is 1.11 bits per heavy atom. The van der Waals surface area contributed by atoms with Gasteiger partial charge in [0.1, 0.15) is 30.2 Å². The number of aliphatic hydroxyl groups is 4. The molecule has 1 saturated heterocycles. The monoisotopic (exact) mass is 409 g/mol. The molecule has 0 bridgehead atoms. The highest BCUT2D eigenvalue weighted by Gasteiger charge is 2.44. The summed E-state index contributed by atoms with van der Waals surface area (Å²) in [6, 6.07) is 9.02. The van der Waals surface area contributed by atoms with E-state index in [0.717, 1.165) is 17.7 Å². The van der Waals surface area contributed by atoms with E-state index >= 15 is 0 Å². The first-order valence-corrected chi connectivity index (χ1v) is 9.50. The molecule has 1 aromatic carbocycles. The molecule has 1 fully saturated rings. The van der Waals surface area contributed by atoms with Gasteiger partial charge in [0.05, 0.1) is 6.61 Å². The Morgan fingerprint density at radius 2 is 1.89 bits per heavy atom. The van der Waals surface area contributed by atoms with Crippen molar-refractivity contribution in [1.82, 2.24) is 4.98 Å². The molecule has 0 spiro atoms. The summed E-state index contributed by atoms with van der Waals surface area (Å²) in [5.41, 5.74) is 2.59. The third-order valence-electron chi connectivity index (χ3n) is 4.80. The van der Waals surface area contributed by atoms with Crippen LogP contribution in [0.5, 0.6) is 5.75 Å². The summed E-state index contributed by atoms with van der Waals surface area (Å²) in [6.07, 6.45) is -3.69. The topological polar surface area (TPSA) is 112 Å². The molecule has 0 unspecified atom stereocenters. The molecule has 1 aliphatic heterocycles. The molecule has 0 saturated carbocycles. The molecule has 2 aromatic rings. The fourth-order valence-electron chi connectivity index (χ4n) is 3.08. The molecule has 5 atom stereocenters. The van der Waals surface area contributed by atoms with Crippen molar-refractivity contribution in [3.05, 3.63) is 58.4 Å². The van der Waals surface area contributed by atoms with Gasteiger partial charge in [0.15, 0.2) is 0 Å². The van der Waals surface area contributed by atoms with Crippen LogP contribution in [0.2, 0.25) is 5.02 Å². The van der Waals surface area contributed by atoms with Crippen LogP contribution in [0, 0.1) is 0 Å². The lowest BCUT2D eigenvalue weighted by molar-refractivity contribution is -0.277. The van der Waals surface area contributed by atoms with Gasteiger partial charge >= 0.3 is 0 Å². The summed E-state index contributed by atoms with van der Waals surface area (Å²) in [4.78, 5) is 4.38. The van der Waals surface area contributed by atoms with E-state index in [1.54, 1.807) is 24.4 Å². The predicted octanol–water partition coefficient (Wildman–Crippen LogP) is 1.07. The van der Waals surface area contributed by atoms with Gasteiger partial charge < -0.3 is 29.9 Å². The minimum Gasteiger partial charge on any atom is -0.462 e. The standard InChI is InChI=1S/C20H24ClNO6/c1-2-12-7-6-11(9-22-12)8-13-14(21)4-3-5-15(13)27-20-19(26)18(25)17(24)16(10-23)28-20/h3-7,9,16-20,23-26H,2,8,10H2,1H3/t16-,17-,18+,19-,20-/m1/s1. The van der Waals surface area contributed by atoms with E-state index in [1.807, 2.05) is 19.1 Å². The van der Waals surface area contributed by atoms with Gasteiger partial charge in [0, 0.05) is 28.9 Å². The van der Waals surface area contributed by atoms with E-state index in [9.17, 15) is 20.4 Å². The van der Waals surface area contributed by atoms with Gasteiger partial charge in [-0.25, -0.2) is 0 Å². The molecule has 4 N–H and O–H groups in total. The lowest BCUT2D eigenvalue weighted by Crippen LogP contribution is -2.60. The summed E-state index contributed by atoms with van der Waals surface area (Å²) in [5.74, 6) is 0.372. The highest BCUT2D eigenvalue weighted by molar-refractivity contribution is 6.31. The van der Waals surface area contributed by atoms with Crippen molar-refractivity contribution in [2.45, 2.75) is 50.5 Å². The molecule has 0 amide bonds. The number of ether oxygens (including phenoxy) is 2. The van der Waals surface area contributed by atoms with Crippen LogP contribution in [0.1, 0.15) is 23.7 Å². The Hall–Kier alpha value is -1.74. The predicted molar refractivity (Wildman–Crippen MR) is 102 cm³/mol. The first-order valence-electron chi connectivity index (χ1n) is 9.13. The number of nitrogens with zero attached hydrogens (tertiary/aromatic N) is 1. The fourth-order valence-corrected chi connectivity index (χ4v) is 3.32. The average Bonchev–Trinajstić information content (AvgIpc) is 2.71. The fraction of sp³-hybridized carbons (Fsp3) is 0.450. The third kappa shape index (κ3) is 4.46. The first-order chi connectivity index (χ1) is 13.4. The second-order valence-electron chi connectivity index (χ2n) is 6.72. The van der Waals surface area contributed by atoms with Gasteiger partial charge in [-0.2, -0.15) is 0 Å². The van der Waals surface area contributed by atoms with Crippen LogP contribution in [-0.2, 0) is 17.6 Å². The van der Waals surface area contributed by atoms with Crippen LogP contribution >= 0.6 is 11.6 Å². The molecule has 0 radical (unpaired) electrons. The number of hydrogen-bond donors (Lipinski definition) is 4. The maximum Gasteiger partial charge on any atom is 0.229 e. The van der Waals surface area contributed by atoms with Crippen molar-refractivity contribution in [3.63, 3.8) is 0 Å². The van der Waals surface area contributed by atoms with Crippen molar-refractivity contribution in [2.24, 2.45) is 0 Å². The maximum absolute atomic E-state index is 10.2. The van der Waals surface area contributed by atoms with Gasteiger partial charge in [0.25, 0.3) is 0 Å². The number of aromatic nitrogens is 1. The Bertz CT molecular complexity index is 785. The van der Waals surface area contributed by atoms with Crippen molar-refractivity contribution in [2.75, 3.05) is 6.61 Å². The van der Waals surface area contributed by atoms with Gasteiger partial charge in [-0.15, -0.1) is 0 Å². The largest absolute Gasteiger partial charge is 0.462 e. The lowest BCUT2D eigenvalue weighted by Gasteiger charge is -2.39. The molecule has 8 heteroatoms. The number of halogens is 1. The quantitative estimate of drug-likeness (QED) is 0.564. The number of hydrogen-bond acceptors (Lipinski definition) is 7. The van der Waals surface area contributed by atoms with Crippen LogP contribution in [0.25, 0.3) is 0 Å². The van der Waals surface area contributed by atoms with Crippen molar-refractivity contribution >= 4 is 11.6 Å². The Morgan fingerprint density at radius 3 is 2.54 bits per heavy atom. The molecule has 152 valence electrons. The summed E-state index contributed by atoms with van der Waals surface area (Å²) in [7, 11) is 0. The molecule has 7 nitrogen and oxygen atoms in total. The first kappa shape index (κ1) is 21.0. The molecular weight excluding hydrogens is 386 g/mol. The molecule has 28 heavy (non-hydrogen) atoms. The van der Waals surface area contributed by atoms with E-state index < -0.39 is 37.3 Å². The Kier molecular flexibility index (Phi) is 6.87. The van der Waals surface area contributed by atoms with Gasteiger partial charge in [-0.3, -0.25) is 4.98 Å². The van der Waals surface area contributed by atoms with Gasteiger partial charge in [-0.1, -0.05) is 30.7 Å². The average molecular weight is 410 g/mol. The van der Waals surface area contributed by atoms with Crippen molar-refractivity contribution in [1.29, 1.82) is 0 Å². The SMILES string of the molecule is CCc1ccc(Cc2c(Cl)cccc2O[C@@H]2O[C@H](CO)[C@@H](O)[C@H](O)[C@H]2O)cn1.